The zero-order chi connectivity index (χ0) is 18.1. The second kappa shape index (κ2) is 6.55. The van der Waals surface area contributed by atoms with Crippen molar-refractivity contribution in [2.24, 2.45) is 0 Å². The van der Waals surface area contributed by atoms with Gasteiger partial charge in [-0.25, -0.2) is 9.07 Å². The molecule has 0 aliphatic heterocycles. The molecule has 8 heteroatoms. The molecule has 2 atom stereocenters. The van der Waals surface area contributed by atoms with Gasteiger partial charge in [0.25, 0.3) is 5.69 Å². The molecule has 3 aromatic rings. The van der Waals surface area contributed by atoms with Gasteiger partial charge in [-0.3, -0.25) is 10.1 Å². The molecular formula is C18H15FN4O3. The third kappa shape index (κ3) is 2.90. The second-order valence-electron chi connectivity index (χ2n) is 6.09. The van der Waals surface area contributed by atoms with Gasteiger partial charge in [0.1, 0.15) is 12.1 Å². The fourth-order valence-electron chi connectivity index (χ4n) is 3.37. The molecule has 1 aliphatic rings. The van der Waals surface area contributed by atoms with Gasteiger partial charge in [-0.05, 0) is 30.0 Å². The fraction of sp³-hybridized carbons (Fsp3) is 0.222. The van der Waals surface area contributed by atoms with Gasteiger partial charge in [0.05, 0.1) is 17.2 Å². The van der Waals surface area contributed by atoms with E-state index in [1.165, 1.54) is 17.7 Å². The molecular weight excluding hydrogens is 339 g/mol. The minimum Gasteiger partial charge on any atom is -0.485 e. The van der Waals surface area contributed by atoms with E-state index in [1.807, 2.05) is 18.2 Å². The second-order valence-corrected chi connectivity index (χ2v) is 6.09. The molecule has 0 unspecified atom stereocenters. The molecule has 0 spiro atoms. The van der Waals surface area contributed by atoms with Crippen LogP contribution in [-0.2, 0) is 6.42 Å². The standard InChI is InChI=1S/C18H15FN4O3/c19-15-11-13(23(24)25)6-8-16(15)26-17-7-5-12-3-1-2-4-14(12)18(17)22-10-9-20-21-22/h1-4,6,8-11,17-18H,5,7H2/t17-,18-/m0/s1. The largest absolute Gasteiger partial charge is 0.485 e. The summed E-state index contributed by atoms with van der Waals surface area (Å²) in [5.41, 5.74) is 1.94. The Morgan fingerprint density at radius 3 is 2.85 bits per heavy atom. The summed E-state index contributed by atoms with van der Waals surface area (Å²) in [6.07, 6.45) is 4.41. The van der Waals surface area contributed by atoms with Gasteiger partial charge in [0, 0.05) is 12.3 Å². The fourth-order valence-corrected chi connectivity index (χ4v) is 3.37. The van der Waals surface area contributed by atoms with Gasteiger partial charge in [-0.15, -0.1) is 5.10 Å². The lowest BCUT2D eigenvalue weighted by atomic mass is 9.85. The lowest BCUT2D eigenvalue weighted by Crippen LogP contribution is -2.35. The Morgan fingerprint density at radius 2 is 2.12 bits per heavy atom. The molecule has 1 heterocycles. The van der Waals surface area contributed by atoms with E-state index < -0.39 is 10.7 Å². The van der Waals surface area contributed by atoms with Crippen molar-refractivity contribution in [1.82, 2.24) is 15.0 Å². The van der Waals surface area contributed by atoms with Gasteiger partial charge >= 0.3 is 0 Å². The first-order chi connectivity index (χ1) is 12.6. The van der Waals surface area contributed by atoms with Crippen LogP contribution in [0, 0.1) is 15.9 Å². The summed E-state index contributed by atoms with van der Waals surface area (Å²) in [5, 5.41) is 18.7. The third-order valence-corrected chi connectivity index (χ3v) is 4.55. The summed E-state index contributed by atoms with van der Waals surface area (Å²) in [4.78, 5) is 10.1. The average Bonchev–Trinajstić information content (AvgIpc) is 3.17. The maximum Gasteiger partial charge on any atom is 0.272 e. The number of ether oxygens (including phenoxy) is 1. The SMILES string of the molecule is O=[N+]([O-])c1ccc(O[C@H]2CCc3ccccc3[C@@H]2n2ccnn2)c(F)c1. The predicted molar refractivity (Wildman–Crippen MR) is 90.4 cm³/mol. The van der Waals surface area contributed by atoms with Crippen molar-refractivity contribution in [3.63, 3.8) is 0 Å². The van der Waals surface area contributed by atoms with Crippen LogP contribution < -0.4 is 4.74 Å². The zero-order valence-electron chi connectivity index (χ0n) is 13.7. The van der Waals surface area contributed by atoms with E-state index in [1.54, 1.807) is 17.1 Å². The summed E-state index contributed by atoms with van der Waals surface area (Å²) in [6, 6.07) is 11.1. The van der Waals surface area contributed by atoms with Crippen LogP contribution in [0.25, 0.3) is 0 Å². The highest BCUT2D eigenvalue weighted by Crippen LogP contribution is 2.36. The van der Waals surface area contributed by atoms with Crippen molar-refractivity contribution >= 4 is 5.69 Å². The van der Waals surface area contributed by atoms with Crippen LogP contribution in [-0.4, -0.2) is 26.0 Å². The Labute approximate surface area is 148 Å². The van der Waals surface area contributed by atoms with Crippen molar-refractivity contribution in [3.8, 4) is 5.75 Å². The van der Waals surface area contributed by atoms with Crippen LogP contribution in [0.5, 0.6) is 5.75 Å². The van der Waals surface area contributed by atoms with Gasteiger partial charge in [-0.1, -0.05) is 29.5 Å². The molecule has 1 aromatic heterocycles. The highest BCUT2D eigenvalue weighted by molar-refractivity contribution is 5.39. The molecule has 0 amide bonds. The number of hydrogen-bond acceptors (Lipinski definition) is 5. The number of halogens is 1. The molecule has 7 nitrogen and oxygen atoms in total. The summed E-state index contributed by atoms with van der Waals surface area (Å²) < 4.78 is 21.9. The highest BCUT2D eigenvalue weighted by atomic mass is 19.1. The van der Waals surface area contributed by atoms with Crippen LogP contribution in [0.1, 0.15) is 23.6 Å². The predicted octanol–water partition coefficient (Wildman–Crippen LogP) is 3.31. The van der Waals surface area contributed by atoms with Gasteiger partial charge in [0.15, 0.2) is 11.6 Å². The third-order valence-electron chi connectivity index (χ3n) is 4.55. The van der Waals surface area contributed by atoms with E-state index >= 15 is 0 Å². The maximum absolute atomic E-state index is 14.3. The monoisotopic (exact) mass is 354 g/mol. The molecule has 0 bridgehead atoms. The Bertz CT molecular complexity index is 945. The number of hydrogen-bond donors (Lipinski definition) is 0. The number of nitro benzene ring substituents is 1. The topological polar surface area (TPSA) is 83.1 Å². The lowest BCUT2D eigenvalue weighted by Gasteiger charge is -2.33. The van der Waals surface area contributed by atoms with Crippen LogP contribution in [0.15, 0.2) is 54.9 Å². The number of non-ortho nitro benzene ring substituents is 1. The summed E-state index contributed by atoms with van der Waals surface area (Å²) >= 11 is 0. The summed E-state index contributed by atoms with van der Waals surface area (Å²) in [7, 11) is 0. The molecule has 132 valence electrons. The van der Waals surface area contributed by atoms with Crippen molar-refractivity contribution in [2.45, 2.75) is 25.0 Å². The first-order valence-electron chi connectivity index (χ1n) is 8.17. The Morgan fingerprint density at radius 1 is 1.27 bits per heavy atom. The van der Waals surface area contributed by atoms with Crippen LogP contribution in [0.4, 0.5) is 10.1 Å². The maximum atomic E-state index is 14.3. The Hall–Kier alpha value is -3.29. The van der Waals surface area contributed by atoms with Crippen molar-refractivity contribution in [3.05, 3.63) is 81.9 Å². The molecule has 0 N–H and O–H groups in total. The minimum atomic E-state index is -0.754. The van der Waals surface area contributed by atoms with Crippen molar-refractivity contribution in [1.29, 1.82) is 0 Å². The Balaban J connectivity index is 1.69. The number of rotatable bonds is 4. The van der Waals surface area contributed by atoms with E-state index in [0.29, 0.717) is 6.42 Å². The van der Waals surface area contributed by atoms with Crippen LogP contribution in [0.3, 0.4) is 0 Å². The Kier molecular flexibility index (Phi) is 4.08. The minimum absolute atomic E-state index is 0.00917. The zero-order valence-corrected chi connectivity index (χ0v) is 13.7. The first-order valence-corrected chi connectivity index (χ1v) is 8.17. The molecule has 1 aliphatic carbocycles. The smallest absolute Gasteiger partial charge is 0.272 e. The number of benzene rings is 2. The van der Waals surface area contributed by atoms with Gasteiger partial charge in [-0.2, -0.15) is 0 Å². The van der Waals surface area contributed by atoms with E-state index in [-0.39, 0.29) is 23.6 Å². The van der Waals surface area contributed by atoms with Crippen LogP contribution >= 0.6 is 0 Å². The lowest BCUT2D eigenvalue weighted by molar-refractivity contribution is -0.385. The van der Waals surface area contributed by atoms with Gasteiger partial charge < -0.3 is 4.74 Å². The van der Waals surface area contributed by atoms with Crippen molar-refractivity contribution < 1.29 is 14.1 Å². The molecule has 0 saturated heterocycles. The van der Waals surface area contributed by atoms with E-state index in [4.69, 9.17) is 4.74 Å². The number of fused-ring (bicyclic) bond motifs is 1. The molecule has 2 aromatic carbocycles. The molecule has 0 fully saturated rings. The molecule has 4 rings (SSSR count). The number of aromatic nitrogens is 3. The highest BCUT2D eigenvalue weighted by Gasteiger charge is 2.33. The van der Waals surface area contributed by atoms with Crippen molar-refractivity contribution in [2.75, 3.05) is 0 Å². The summed E-state index contributed by atoms with van der Waals surface area (Å²) in [5.74, 6) is -0.763. The van der Waals surface area contributed by atoms with Crippen LogP contribution in [0.2, 0.25) is 0 Å². The molecule has 0 saturated carbocycles. The molecule has 26 heavy (non-hydrogen) atoms. The number of nitro groups is 1. The van der Waals surface area contributed by atoms with E-state index in [2.05, 4.69) is 16.4 Å². The van der Waals surface area contributed by atoms with E-state index in [9.17, 15) is 14.5 Å². The number of aryl methyl sites for hydroxylation is 1. The summed E-state index contributed by atoms with van der Waals surface area (Å²) in [6.45, 7) is 0. The average molecular weight is 354 g/mol. The van der Waals surface area contributed by atoms with E-state index in [0.717, 1.165) is 18.1 Å². The molecule has 0 radical (unpaired) electrons. The quantitative estimate of drug-likeness (QED) is 0.530. The van der Waals surface area contributed by atoms with Gasteiger partial charge in [0.2, 0.25) is 0 Å². The normalized spacial score (nSPS) is 19.0. The number of nitrogens with zero attached hydrogens (tertiary/aromatic N) is 4. The first kappa shape index (κ1) is 16.2.